The molecule has 0 rings (SSSR count). The second kappa shape index (κ2) is 3.66. The SMILES string of the molecule is CCOC(F)(F)C(F)=C(F)F. The lowest BCUT2D eigenvalue weighted by Gasteiger charge is -2.11. The summed E-state index contributed by atoms with van der Waals surface area (Å²) < 4.78 is 61.4. The average Bonchev–Trinajstić information content (AvgIpc) is 1.86. The third-order valence-electron chi connectivity index (χ3n) is 0.747. The largest absolute Gasteiger partial charge is 0.414 e. The van der Waals surface area contributed by atoms with Crippen molar-refractivity contribution in [2.24, 2.45) is 0 Å². The molecule has 0 atom stereocenters. The monoisotopic (exact) mass is 176 g/mol. The van der Waals surface area contributed by atoms with Crippen LogP contribution in [0.1, 0.15) is 6.92 Å². The maximum Gasteiger partial charge on any atom is 0.414 e. The van der Waals surface area contributed by atoms with Crippen molar-refractivity contribution in [2.45, 2.75) is 13.0 Å². The summed E-state index contributed by atoms with van der Waals surface area (Å²) in [6.45, 7) is 0.588. The van der Waals surface area contributed by atoms with E-state index in [4.69, 9.17) is 0 Å². The van der Waals surface area contributed by atoms with Gasteiger partial charge >= 0.3 is 12.2 Å². The van der Waals surface area contributed by atoms with Gasteiger partial charge in [0.25, 0.3) is 5.83 Å². The van der Waals surface area contributed by atoms with E-state index in [-0.39, 0.29) is 0 Å². The summed E-state index contributed by atoms with van der Waals surface area (Å²) in [7, 11) is 0. The molecule has 0 heterocycles. The Morgan fingerprint density at radius 2 is 1.73 bits per heavy atom. The van der Waals surface area contributed by atoms with Gasteiger partial charge in [-0.25, -0.2) is 0 Å². The van der Waals surface area contributed by atoms with Gasteiger partial charge in [-0.15, -0.1) is 0 Å². The number of hydrogen-bond donors (Lipinski definition) is 0. The lowest BCUT2D eigenvalue weighted by atomic mass is 10.5. The Balaban J connectivity index is 4.42. The zero-order chi connectivity index (χ0) is 9.07. The second-order valence-corrected chi connectivity index (χ2v) is 1.52. The molecule has 0 fully saturated rings. The highest BCUT2D eigenvalue weighted by Gasteiger charge is 2.40. The number of ether oxygens (including phenoxy) is 1. The Morgan fingerprint density at radius 3 is 2.00 bits per heavy atom. The van der Waals surface area contributed by atoms with Gasteiger partial charge < -0.3 is 4.74 Å². The van der Waals surface area contributed by atoms with Crippen molar-refractivity contribution in [3.05, 3.63) is 11.9 Å². The minimum atomic E-state index is -4.51. The molecule has 0 unspecified atom stereocenters. The molecule has 0 aliphatic carbocycles. The summed E-state index contributed by atoms with van der Waals surface area (Å²) in [5.74, 6) is -2.83. The zero-order valence-corrected chi connectivity index (χ0v) is 5.51. The first kappa shape index (κ1) is 10.3. The maximum absolute atomic E-state index is 11.9. The molecule has 0 aromatic carbocycles. The van der Waals surface area contributed by atoms with Gasteiger partial charge in [0.1, 0.15) is 0 Å². The fourth-order valence-electron chi connectivity index (χ4n) is 0.355. The Labute approximate surface area is 59.5 Å². The van der Waals surface area contributed by atoms with Crippen molar-refractivity contribution >= 4 is 0 Å². The van der Waals surface area contributed by atoms with Crippen LogP contribution >= 0.6 is 0 Å². The van der Waals surface area contributed by atoms with Crippen LogP contribution in [-0.4, -0.2) is 12.7 Å². The highest BCUT2D eigenvalue weighted by atomic mass is 19.3. The molecule has 0 amide bonds. The predicted molar refractivity (Wildman–Crippen MR) is 26.9 cm³/mol. The van der Waals surface area contributed by atoms with Crippen LogP contribution < -0.4 is 0 Å². The third-order valence-corrected chi connectivity index (χ3v) is 0.747. The number of rotatable bonds is 3. The van der Waals surface area contributed by atoms with Gasteiger partial charge in [0, 0.05) is 0 Å². The molecule has 66 valence electrons. The number of halogens is 5. The Kier molecular flexibility index (Phi) is 3.44. The zero-order valence-electron chi connectivity index (χ0n) is 5.51. The van der Waals surface area contributed by atoms with E-state index >= 15 is 0 Å². The molecule has 0 saturated carbocycles. The van der Waals surface area contributed by atoms with E-state index in [2.05, 4.69) is 4.74 Å². The van der Waals surface area contributed by atoms with E-state index < -0.39 is 24.6 Å². The molecule has 0 aromatic heterocycles. The van der Waals surface area contributed by atoms with Crippen molar-refractivity contribution in [2.75, 3.05) is 6.61 Å². The molecule has 0 aromatic rings. The fourth-order valence-corrected chi connectivity index (χ4v) is 0.355. The normalized spacial score (nSPS) is 11.5. The summed E-state index contributed by atoms with van der Waals surface area (Å²) in [5.41, 5.74) is 0. The second-order valence-electron chi connectivity index (χ2n) is 1.52. The van der Waals surface area contributed by atoms with E-state index in [1.165, 1.54) is 0 Å². The highest BCUT2D eigenvalue weighted by Crippen LogP contribution is 2.29. The van der Waals surface area contributed by atoms with Gasteiger partial charge in [0.15, 0.2) is 0 Å². The number of alkyl halides is 2. The Bertz CT molecular complexity index is 160. The lowest BCUT2D eigenvalue weighted by Crippen LogP contribution is -2.22. The van der Waals surface area contributed by atoms with Gasteiger partial charge in [-0.2, -0.15) is 22.0 Å². The van der Waals surface area contributed by atoms with Crippen LogP contribution in [0.2, 0.25) is 0 Å². The van der Waals surface area contributed by atoms with E-state index in [0.29, 0.717) is 0 Å². The van der Waals surface area contributed by atoms with Crippen molar-refractivity contribution in [3.63, 3.8) is 0 Å². The first-order chi connectivity index (χ1) is 4.91. The van der Waals surface area contributed by atoms with E-state index in [9.17, 15) is 22.0 Å². The minimum absolute atomic E-state index is 0.548. The van der Waals surface area contributed by atoms with Gasteiger partial charge in [-0.05, 0) is 6.92 Å². The molecule has 0 bridgehead atoms. The summed E-state index contributed by atoms with van der Waals surface area (Å²) in [6, 6.07) is 0. The average molecular weight is 176 g/mol. The molecule has 0 radical (unpaired) electrons. The molecule has 0 saturated heterocycles. The van der Waals surface area contributed by atoms with E-state index in [0.717, 1.165) is 6.92 Å². The molecular weight excluding hydrogens is 171 g/mol. The van der Waals surface area contributed by atoms with Gasteiger partial charge in [0.2, 0.25) is 0 Å². The molecule has 0 aliphatic rings. The fraction of sp³-hybridized carbons (Fsp3) is 0.600. The van der Waals surface area contributed by atoms with Crippen molar-refractivity contribution in [1.82, 2.24) is 0 Å². The molecule has 0 N–H and O–H groups in total. The van der Waals surface area contributed by atoms with Crippen LogP contribution in [0.4, 0.5) is 22.0 Å². The lowest BCUT2D eigenvalue weighted by molar-refractivity contribution is -0.219. The van der Waals surface area contributed by atoms with Crippen LogP contribution in [0.15, 0.2) is 11.9 Å². The number of hydrogen-bond acceptors (Lipinski definition) is 1. The van der Waals surface area contributed by atoms with Gasteiger partial charge in [-0.1, -0.05) is 0 Å². The van der Waals surface area contributed by atoms with E-state index in [1.54, 1.807) is 0 Å². The standard InChI is InChI=1S/C5H5F5O/c1-2-11-5(9,10)3(6)4(7)8/h2H2,1H3. The molecule has 1 nitrogen and oxygen atoms in total. The summed E-state index contributed by atoms with van der Waals surface area (Å²) in [6.07, 6.45) is -7.57. The van der Waals surface area contributed by atoms with Crippen LogP contribution in [0, 0.1) is 0 Å². The van der Waals surface area contributed by atoms with Crippen LogP contribution in [0.3, 0.4) is 0 Å². The topological polar surface area (TPSA) is 9.23 Å². The third kappa shape index (κ3) is 2.83. The predicted octanol–water partition coefficient (Wildman–Crippen LogP) is 2.69. The molecule has 6 heteroatoms. The highest BCUT2D eigenvalue weighted by molar-refractivity contribution is 4.99. The van der Waals surface area contributed by atoms with E-state index in [1.807, 2.05) is 0 Å². The molecule has 0 aliphatic heterocycles. The molecular formula is C5H5F5O. The minimum Gasteiger partial charge on any atom is -0.315 e. The summed E-state index contributed by atoms with van der Waals surface area (Å²) in [5, 5.41) is 0. The summed E-state index contributed by atoms with van der Waals surface area (Å²) >= 11 is 0. The maximum atomic E-state index is 11.9. The van der Waals surface area contributed by atoms with Crippen molar-refractivity contribution in [1.29, 1.82) is 0 Å². The van der Waals surface area contributed by atoms with Crippen LogP contribution in [0.5, 0.6) is 0 Å². The Hall–Kier alpha value is -0.650. The first-order valence-electron chi connectivity index (χ1n) is 2.64. The molecule has 0 spiro atoms. The molecule has 11 heavy (non-hydrogen) atoms. The smallest absolute Gasteiger partial charge is 0.315 e. The van der Waals surface area contributed by atoms with Gasteiger partial charge in [-0.3, -0.25) is 0 Å². The van der Waals surface area contributed by atoms with Crippen LogP contribution in [0.25, 0.3) is 0 Å². The summed E-state index contributed by atoms with van der Waals surface area (Å²) in [4.78, 5) is 0. The first-order valence-corrected chi connectivity index (χ1v) is 2.64. The quantitative estimate of drug-likeness (QED) is 0.600. The van der Waals surface area contributed by atoms with Crippen LogP contribution in [-0.2, 0) is 4.74 Å². The Morgan fingerprint density at radius 1 is 1.27 bits per heavy atom. The van der Waals surface area contributed by atoms with Crippen molar-refractivity contribution < 1.29 is 26.7 Å². The van der Waals surface area contributed by atoms with Crippen molar-refractivity contribution in [3.8, 4) is 0 Å². The van der Waals surface area contributed by atoms with Gasteiger partial charge in [0.05, 0.1) is 6.61 Å².